The van der Waals surface area contributed by atoms with E-state index >= 15 is 0 Å². The number of nitro benzene ring substituents is 1. The van der Waals surface area contributed by atoms with Gasteiger partial charge < -0.3 is 0 Å². The van der Waals surface area contributed by atoms with Crippen LogP contribution in [0, 0.1) is 21.4 Å². The summed E-state index contributed by atoms with van der Waals surface area (Å²) in [6, 6.07) is 6.46. The molecule has 0 bridgehead atoms. The van der Waals surface area contributed by atoms with Crippen LogP contribution in [0.2, 0.25) is 0 Å². The molecule has 0 aliphatic carbocycles. The maximum Gasteiger partial charge on any atom is 0.270 e. The Morgan fingerprint density at radius 3 is 2.74 bits per heavy atom. The maximum absolute atomic E-state index is 10.7. The molecule has 19 heavy (non-hydrogen) atoms. The minimum absolute atomic E-state index is 0.0865. The lowest BCUT2D eigenvalue weighted by atomic mass is 10.0. The van der Waals surface area contributed by atoms with Gasteiger partial charge in [-0.1, -0.05) is 0 Å². The number of hydrogen-bond donors (Lipinski definition) is 0. The maximum atomic E-state index is 10.7. The average Bonchev–Trinajstić information content (AvgIpc) is 2.87. The first-order chi connectivity index (χ1) is 9.02. The van der Waals surface area contributed by atoms with Gasteiger partial charge in [-0.2, -0.15) is 10.4 Å². The molecule has 0 radical (unpaired) electrons. The van der Waals surface area contributed by atoms with E-state index in [-0.39, 0.29) is 17.3 Å². The Labute approximate surface area is 110 Å². The van der Waals surface area contributed by atoms with Crippen LogP contribution in [0.3, 0.4) is 0 Å². The molecule has 2 rings (SSSR count). The lowest BCUT2D eigenvalue weighted by molar-refractivity contribution is -0.384. The normalized spacial score (nSPS) is 10.4. The van der Waals surface area contributed by atoms with E-state index < -0.39 is 4.92 Å². The number of hydrogen-bond acceptors (Lipinski definition) is 4. The number of aromatic nitrogens is 2. The molecule has 0 saturated carbocycles. The van der Waals surface area contributed by atoms with Crippen LogP contribution >= 0.6 is 0 Å². The fourth-order valence-electron chi connectivity index (χ4n) is 1.75. The van der Waals surface area contributed by atoms with Gasteiger partial charge in [-0.25, -0.2) is 0 Å². The van der Waals surface area contributed by atoms with Gasteiger partial charge in [0.25, 0.3) is 5.69 Å². The smallest absolute Gasteiger partial charge is 0.270 e. The van der Waals surface area contributed by atoms with E-state index in [0.29, 0.717) is 5.56 Å². The number of nitrogens with zero attached hydrogens (tertiary/aromatic N) is 4. The Kier molecular flexibility index (Phi) is 3.29. The van der Waals surface area contributed by atoms with Crippen LogP contribution in [0.1, 0.15) is 25.5 Å². The van der Waals surface area contributed by atoms with Crippen molar-refractivity contribution in [2.24, 2.45) is 0 Å². The molecule has 0 N–H and O–H groups in total. The number of non-ortho nitro benzene ring substituents is 1. The summed E-state index contributed by atoms with van der Waals surface area (Å²) in [6.45, 7) is 4.00. The van der Waals surface area contributed by atoms with Gasteiger partial charge in [0.2, 0.25) is 0 Å². The monoisotopic (exact) mass is 256 g/mol. The van der Waals surface area contributed by atoms with E-state index in [4.69, 9.17) is 5.26 Å². The average molecular weight is 256 g/mol. The van der Waals surface area contributed by atoms with Crippen LogP contribution in [-0.4, -0.2) is 14.7 Å². The zero-order valence-corrected chi connectivity index (χ0v) is 10.6. The van der Waals surface area contributed by atoms with E-state index in [1.807, 2.05) is 26.1 Å². The second-order valence-corrected chi connectivity index (χ2v) is 4.40. The molecule has 6 nitrogen and oxygen atoms in total. The molecule has 1 heterocycles. The first-order valence-electron chi connectivity index (χ1n) is 5.76. The Hall–Kier alpha value is -2.68. The first-order valence-corrected chi connectivity index (χ1v) is 5.76. The standard InChI is InChI=1S/C13H12N4O2/c1-9(2)16-8-11(7-15-16)13-4-3-12(17(18)19)5-10(13)6-14/h3-5,7-9H,1-2H3. The molecule has 0 unspecified atom stereocenters. The van der Waals surface area contributed by atoms with Crippen LogP contribution in [0.4, 0.5) is 5.69 Å². The SMILES string of the molecule is CC(C)n1cc(-c2ccc([N+](=O)[O-])cc2C#N)cn1. The largest absolute Gasteiger partial charge is 0.270 e. The summed E-state index contributed by atoms with van der Waals surface area (Å²) < 4.78 is 1.78. The lowest BCUT2D eigenvalue weighted by Gasteiger charge is -2.04. The van der Waals surface area contributed by atoms with Gasteiger partial charge >= 0.3 is 0 Å². The second-order valence-electron chi connectivity index (χ2n) is 4.40. The summed E-state index contributed by atoms with van der Waals surface area (Å²) in [6.07, 6.45) is 3.48. The van der Waals surface area contributed by atoms with E-state index in [0.717, 1.165) is 5.56 Å². The highest BCUT2D eigenvalue weighted by Gasteiger charge is 2.13. The Morgan fingerprint density at radius 2 is 2.21 bits per heavy atom. The predicted octanol–water partition coefficient (Wildman–Crippen LogP) is 2.91. The molecular formula is C13H12N4O2. The number of benzene rings is 1. The molecule has 0 aliphatic heterocycles. The molecule has 0 aliphatic rings. The zero-order chi connectivity index (χ0) is 14.0. The van der Waals surface area contributed by atoms with Gasteiger partial charge in [0.15, 0.2) is 0 Å². The fourth-order valence-corrected chi connectivity index (χ4v) is 1.75. The van der Waals surface area contributed by atoms with E-state index in [1.54, 1.807) is 16.9 Å². The Balaban J connectivity index is 2.50. The molecule has 0 atom stereocenters. The molecule has 1 aromatic heterocycles. The van der Waals surface area contributed by atoms with Crippen molar-refractivity contribution in [2.75, 3.05) is 0 Å². The highest BCUT2D eigenvalue weighted by Crippen LogP contribution is 2.27. The molecule has 0 amide bonds. The van der Waals surface area contributed by atoms with Crippen LogP contribution in [-0.2, 0) is 0 Å². The van der Waals surface area contributed by atoms with Gasteiger partial charge in [-0.3, -0.25) is 14.8 Å². The third kappa shape index (κ3) is 2.45. The van der Waals surface area contributed by atoms with Gasteiger partial charge in [-0.15, -0.1) is 0 Å². The summed E-state index contributed by atoms with van der Waals surface area (Å²) in [5, 5.41) is 24.0. The summed E-state index contributed by atoms with van der Waals surface area (Å²) in [5.41, 5.74) is 1.62. The number of nitro groups is 1. The van der Waals surface area contributed by atoms with Crippen LogP contribution in [0.15, 0.2) is 30.6 Å². The highest BCUT2D eigenvalue weighted by molar-refractivity contribution is 5.71. The van der Waals surface area contributed by atoms with E-state index in [2.05, 4.69) is 5.10 Å². The van der Waals surface area contributed by atoms with Crippen molar-refractivity contribution in [2.45, 2.75) is 19.9 Å². The highest BCUT2D eigenvalue weighted by atomic mass is 16.6. The minimum atomic E-state index is -0.512. The zero-order valence-electron chi connectivity index (χ0n) is 10.6. The molecule has 6 heteroatoms. The Morgan fingerprint density at radius 1 is 1.47 bits per heavy atom. The van der Waals surface area contributed by atoms with Crippen molar-refractivity contribution in [1.29, 1.82) is 5.26 Å². The van der Waals surface area contributed by atoms with Crippen molar-refractivity contribution in [3.05, 3.63) is 46.3 Å². The summed E-state index contributed by atoms with van der Waals surface area (Å²) in [5.74, 6) is 0. The third-order valence-electron chi connectivity index (χ3n) is 2.78. The van der Waals surface area contributed by atoms with Gasteiger partial charge in [0, 0.05) is 35.5 Å². The van der Waals surface area contributed by atoms with Crippen molar-refractivity contribution in [1.82, 2.24) is 9.78 Å². The molecule has 1 aromatic carbocycles. The fraction of sp³-hybridized carbons (Fsp3) is 0.231. The number of rotatable bonds is 3. The van der Waals surface area contributed by atoms with Crippen molar-refractivity contribution in [3.8, 4) is 17.2 Å². The first kappa shape index (κ1) is 12.8. The summed E-state index contributed by atoms with van der Waals surface area (Å²) in [4.78, 5) is 10.2. The lowest BCUT2D eigenvalue weighted by Crippen LogP contribution is -1.99. The summed E-state index contributed by atoms with van der Waals surface area (Å²) in [7, 11) is 0. The van der Waals surface area contributed by atoms with Crippen LogP contribution in [0.25, 0.3) is 11.1 Å². The summed E-state index contributed by atoms with van der Waals surface area (Å²) >= 11 is 0. The molecule has 0 fully saturated rings. The van der Waals surface area contributed by atoms with Crippen molar-refractivity contribution < 1.29 is 4.92 Å². The van der Waals surface area contributed by atoms with Crippen molar-refractivity contribution in [3.63, 3.8) is 0 Å². The van der Waals surface area contributed by atoms with E-state index in [1.165, 1.54) is 12.1 Å². The molecule has 2 aromatic rings. The van der Waals surface area contributed by atoms with Gasteiger partial charge in [0.1, 0.15) is 6.07 Å². The molecule has 0 spiro atoms. The quantitative estimate of drug-likeness (QED) is 0.624. The molecule has 96 valence electrons. The van der Waals surface area contributed by atoms with Gasteiger partial charge in [-0.05, 0) is 19.9 Å². The van der Waals surface area contributed by atoms with E-state index in [9.17, 15) is 10.1 Å². The van der Waals surface area contributed by atoms with Crippen LogP contribution < -0.4 is 0 Å². The molecule has 0 saturated heterocycles. The minimum Gasteiger partial charge on any atom is -0.270 e. The number of nitriles is 1. The van der Waals surface area contributed by atoms with Crippen LogP contribution in [0.5, 0.6) is 0 Å². The predicted molar refractivity (Wildman–Crippen MR) is 69.4 cm³/mol. The molecular weight excluding hydrogens is 244 g/mol. The van der Waals surface area contributed by atoms with Gasteiger partial charge in [0.05, 0.1) is 16.7 Å². The Bertz CT molecular complexity index is 668. The third-order valence-corrected chi connectivity index (χ3v) is 2.78. The topological polar surface area (TPSA) is 84.7 Å². The second kappa shape index (κ2) is 4.90. The van der Waals surface area contributed by atoms with Crippen molar-refractivity contribution >= 4 is 5.69 Å².